The third-order valence-corrected chi connectivity index (χ3v) is 4.11. The van der Waals surface area contributed by atoms with Crippen molar-refractivity contribution in [3.8, 4) is 0 Å². The van der Waals surface area contributed by atoms with Gasteiger partial charge in [-0.2, -0.15) is 4.99 Å². The molecule has 1 aromatic carbocycles. The first-order valence-corrected chi connectivity index (χ1v) is 8.65. The van der Waals surface area contributed by atoms with Crippen molar-refractivity contribution in [1.29, 1.82) is 0 Å². The normalized spacial score (nSPS) is 21.3. The molecule has 0 N–H and O–H groups in total. The molecule has 22 heavy (non-hydrogen) atoms. The van der Waals surface area contributed by atoms with Crippen LogP contribution in [0.25, 0.3) is 0 Å². The van der Waals surface area contributed by atoms with Crippen LogP contribution in [0, 0.1) is 5.92 Å². The van der Waals surface area contributed by atoms with E-state index in [1.54, 1.807) is 0 Å². The highest BCUT2D eigenvalue weighted by molar-refractivity contribution is 7.78. The van der Waals surface area contributed by atoms with E-state index >= 15 is 0 Å². The predicted molar refractivity (Wildman–Crippen MR) is 92.6 cm³/mol. The molecule has 0 bridgehead atoms. The lowest BCUT2D eigenvalue weighted by molar-refractivity contribution is -0.206. The highest BCUT2D eigenvalue weighted by Gasteiger charge is 2.23. The van der Waals surface area contributed by atoms with Crippen LogP contribution in [0.5, 0.6) is 0 Å². The van der Waals surface area contributed by atoms with Crippen molar-refractivity contribution in [2.75, 3.05) is 13.2 Å². The van der Waals surface area contributed by atoms with Crippen molar-refractivity contribution in [2.45, 2.75) is 51.7 Å². The van der Waals surface area contributed by atoms with Gasteiger partial charge in [0.05, 0.1) is 24.1 Å². The quantitative estimate of drug-likeness (QED) is 0.363. The predicted octanol–water partition coefficient (Wildman–Crippen LogP) is 5.44. The van der Waals surface area contributed by atoms with E-state index in [-0.39, 0.29) is 6.29 Å². The van der Waals surface area contributed by atoms with E-state index in [1.165, 1.54) is 38.5 Å². The summed E-state index contributed by atoms with van der Waals surface area (Å²) in [5.41, 5.74) is 1.84. The highest BCUT2D eigenvalue weighted by Crippen LogP contribution is 2.28. The maximum absolute atomic E-state index is 5.87. The van der Waals surface area contributed by atoms with Gasteiger partial charge in [-0.3, -0.25) is 0 Å². The summed E-state index contributed by atoms with van der Waals surface area (Å²) in [6.07, 6.45) is 7.57. The average Bonchev–Trinajstić information content (AvgIpc) is 2.56. The Hall–Kier alpha value is -1.06. The topological polar surface area (TPSA) is 30.8 Å². The van der Waals surface area contributed by atoms with E-state index in [0.717, 1.165) is 24.5 Å². The monoisotopic (exact) mass is 319 g/mol. The summed E-state index contributed by atoms with van der Waals surface area (Å²) in [7, 11) is 0. The molecule has 3 nitrogen and oxygen atoms in total. The molecule has 0 unspecified atom stereocenters. The van der Waals surface area contributed by atoms with Gasteiger partial charge in [-0.1, -0.05) is 51.2 Å². The van der Waals surface area contributed by atoms with Gasteiger partial charge in [0, 0.05) is 11.5 Å². The zero-order valence-electron chi connectivity index (χ0n) is 13.3. The molecule has 1 heterocycles. The molecule has 0 saturated carbocycles. The number of rotatable bonds is 8. The maximum Gasteiger partial charge on any atom is 0.183 e. The number of isothiocyanates is 1. The fraction of sp³-hybridized carbons (Fsp3) is 0.611. The number of thiocarbonyl (C=S) groups is 1. The van der Waals surface area contributed by atoms with Gasteiger partial charge in [0.1, 0.15) is 0 Å². The Kier molecular flexibility index (Phi) is 7.75. The summed E-state index contributed by atoms with van der Waals surface area (Å²) < 4.78 is 11.7. The molecule has 0 amide bonds. The van der Waals surface area contributed by atoms with E-state index in [2.05, 4.69) is 29.3 Å². The Morgan fingerprint density at radius 2 is 1.77 bits per heavy atom. The zero-order valence-corrected chi connectivity index (χ0v) is 14.1. The first-order chi connectivity index (χ1) is 10.8. The molecule has 1 fully saturated rings. The summed E-state index contributed by atoms with van der Waals surface area (Å²) >= 11 is 4.60. The standard InChI is InChI=1S/C18H25NO2S/c1-2-3-4-5-6-7-15-12-20-18(21-13-15)16-8-10-17(11-9-16)19-14-22/h8-11,15,18H,2-7,12-13H2,1H3. The fourth-order valence-electron chi connectivity index (χ4n) is 2.70. The van der Waals surface area contributed by atoms with Crippen LogP contribution < -0.4 is 0 Å². The van der Waals surface area contributed by atoms with E-state index in [0.29, 0.717) is 5.92 Å². The second-order valence-corrected chi connectivity index (χ2v) is 6.04. The number of unbranched alkanes of at least 4 members (excludes halogenated alkanes) is 4. The summed E-state index contributed by atoms with van der Waals surface area (Å²) in [4.78, 5) is 3.94. The number of ether oxygens (including phenoxy) is 2. The van der Waals surface area contributed by atoms with Crippen LogP contribution in [0.3, 0.4) is 0 Å². The van der Waals surface area contributed by atoms with E-state index in [1.807, 2.05) is 24.3 Å². The Balaban J connectivity index is 1.71. The number of aliphatic imine (C=N–C) groups is 1. The summed E-state index contributed by atoms with van der Waals surface area (Å²) in [6.45, 7) is 3.83. The number of benzene rings is 1. The van der Waals surface area contributed by atoms with Crippen molar-refractivity contribution in [3.63, 3.8) is 0 Å². The molecule has 1 aliphatic rings. The SMILES string of the molecule is CCCCCCCC1COC(c2ccc(N=C=S)cc2)OC1. The van der Waals surface area contributed by atoms with Crippen molar-refractivity contribution < 1.29 is 9.47 Å². The molecule has 0 aromatic heterocycles. The van der Waals surface area contributed by atoms with Gasteiger partial charge in [-0.05, 0) is 30.8 Å². The molecular formula is C18H25NO2S. The van der Waals surface area contributed by atoms with Crippen molar-refractivity contribution >= 4 is 23.1 Å². The molecular weight excluding hydrogens is 294 g/mol. The van der Waals surface area contributed by atoms with E-state index in [4.69, 9.17) is 9.47 Å². The molecule has 0 spiro atoms. The lowest BCUT2D eigenvalue weighted by Crippen LogP contribution is -2.27. The molecule has 1 aromatic rings. The molecule has 0 radical (unpaired) electrons. The van der Waals surface area contributed by atoms with Crippen LogP contribution in [-0.4, -0.2) is 18.4 Å². The van der Waals surface area contributed by atoms with Crippen LogP contribution in [0.1, 0.15) is 57.3 Å². The van der Waals surface area contributed by atoms with Crippen LogP contribution in [0.2, 0.25) is 0 Å². The lowest BCUT2D eigenvalue weighted by atomic mass is 10.0. The average molecular weight is 319 g/mol. The minimum atomic E-state index is -0.248. The second-order valence-electron chi connectivity index (χ2n) is 5.86. The summed E-state index contributed by atoms with van der Waals surface area (Å²) in [5, 5.41) is 2.37. The Morgan fingerprint density at radius 1 is 1.09 bits per heavy atom. The van der Waals surface area contributed by atoms with Crippen molar-refractivity contribution in [2.24, 2.45) is 10.9 Å². The molecule has 1 aliphatic heterocycles. The smallest absolute Gasteiger partial charge is 0.183 e. The maximum atomic E-state index is 5.87. The van der Waals surface area contributed by atoms with Crippen LogP contribution >= 0.6 is 12.2 Å². The van der Waals surface area contributed by atoms with Gasteiger partial charge in [0.2, 0.25) is 0 Å². The molecule has 0 aliphatic carbocycles. The van der Waals surface area contributed by atoms with Gasteiger partial charge >= 0.3 is 0 Å². The van der Waals surface area contributed by atoms with Gasteiger partial charge in [-0.15, -0.1) is 0 Å². The minimum Gasteiger partial charge on any atom is -0.348 e. The number of hydrogen-bond acceptors (Lipinski definition) is 4. The Bertz CT molecular complexity index is 474. The third kappa shape index (κ3) is 5.62. The minimum absolute atomic E-state index is 0.248. The molecule has 120 valence electrons. The second kappa shape index (κ2) is 9.86. The van der Waals surface area contributed by atoms with Gasteiger partial charge in [-0.25, -0.2) is 0 Å². The van der Waals surface area contributed by atoms with Gasteiger partial charge < -0.3 is 9.47 Å². The van der Waals surface area contributed by atoms with E-state index < -0.39 is 0 Å². The largest absolute Gasteiger partial charge is 0.348 e. The Labute approximate surface area is 138 Å². The van der Waals surface area contributed by atoms with Crippen LogP contribution in [-0.2, 0) is 9.47 Å². The summed E-state index contributed by atoms with van der Waals surface area (Å²) in [6, 6.07) is 7.75. The van der Waals surface area contributed by atoms with E-state index in [9.17, 15) is 0 Å². The lowest BCUT2D eigenvalue weighted by Gasteiger charge is -2.29. The first kappa shape index (κ1) is 17.3. The summed E-state index contributed by atoms with van der Waals surface area (Å²) in [5.74, 6) is 0.538. The first-order valence-electron chi connectivity index (χ1n) is 8.24. The Morgan fingerprint density at radius 3 is 2.41 bits per heavy atom. The van der Waals surface area contributed by atoms with Crippen LogP contribution in [0.4, 0.5) is 5.69 Å². The van der Waals surface area contributed by atoms with Crippen molar-refractivity contribution in [3.05, 3.63) is 29.8 Å². The zero-order chi connectivity index (χ0) is 15.6. The highest BCUT2D eigenvalue weighted by atomic mass is 32.1. The third-order valence-electron chi connectivity index (χ3n) is 4.02. The van der Waals surface area contributed by atoms with Crippen molar-refractivity contribution in [1.82, 2.24) is 0 Å². The van der Waals surface area contributed by atoms with Gasteiger partial charge in [0.15, 0.2) is 6.29 Å². The fourth-order valence-corrected chi connectivity index (χ4v) is 2.80. The molecule has 2 rings (SSSR count). The molecule has 1 saturated heterocycles. The molecule has 0 atom stereocenters. The number of nitrogens with zero attached hydrogens (tertiary/aromatic N) is 1. The van der Waals surface area contributed by atoms with Crippen LogP contribution in [0.15, 0.2) is 29.3 Å². The number of hydrogen-bond donors (Lipinski definition) is 0. The van der Waals surface area contributed by atoms with Gasteiger partial charge in [0.25, 0.3) is 0 Å². The molecule has 4 heteroatoms.